The van der Waals surface area contributed by atoms with Crippen LogP contribution in [0.25, 0.3) is 0 Å². The Balaban J connectivity index is 2.79. The van der Waals surface area contributed by atoms with Crippen LogP contribution in [0.15, 0.2) is 12.1 Å². The highest BCUT2D eigenvalue weighted by Crippen LogP contribution is 2.31. The number of benzene rings is 1. The van der Waals surface area contributed by atoms with E-state index in [0.717, 1.165) is 12.5 Å². The Morgan fingerprint density at radius 2 is 2.06 bits per heavy atom. The first-order valence-corrected chi connectivity index (χ1v) is 5.68. The maximum atomic E-state index is 13.4. The number of rotatable bonds is 6. The van der Waals surface area contributed by atoms with Gasteiger partial charge in [-0.25, -0.2) is 4.39 Å². The average molecular weight is 259 g/mol. The van der Waals surface area contributed by atoms with E-state index in [4.69, 9.17) is 4.74 Å². The average Bonchev–Trinajstić information content (AvgIpc) is 2.29. The van der Waals surface area contributed by atoms with Crippen molar-refractivity contribution in [2.75, 3.05) is 6.61 Å². The minimum Gasteiger partial charge on any atom is -0.485 e. The van der Waals surface area contributed by atoms with Crippen molar-refractivity contribution in [3.63, 3.8) is 0 Å². The maximum absolute atomic E-state index is 13.4. The number of halogens is 2. The smallest absolute Gasteiger partial charge is 0.314 e. The number of ether oxygens (including phenoxy) is 1. The van der Waals surface area contributed by atoms with Crippen molar-refractivity contribution in [2.24, 2.45) is 5.92 Å². The van der Waals surface area contributed by atoms with E-state index in [0.29, 0.717) is 18.4 Å². The van der Waals surface area contributed by atoms with Crippen molar-refractivity contribution >= 4 is 5.69 Å². The number of nitro benzene ring substituents is 1. The molecule has 0 amide bonds. The molecule has 0 atom stereocenters. The lowest BCUT2D eigenvalue weighted by Gasteiger charge is -2.09. The first kappa shape index (κ1) is 14.3. The molecule has 0 saturated carbocycles. The molecular formula is C12H15F2NO3. The van der Waals surface area contributed by atoms with Crippen LogP contribution in [0.5, 0.6) is 5.75 Å². The zero-order valence-corrected chi connectivity index (χ0v) is 10.3. The molecule has 6 heteroatoms. The van der Waals surface area contributed by atoms with Gasteiger partial charge in [0, 0.05) is 6.07 Å². The molecule has 0 aromatic heterocycles. The second-order valence-electron chi connectivity index (χ2n) is 4.35. The van der Waals surface area contributed by atoms with E-state index in [-0.39, 0.29) is 6.61 Å². The van der Waals surface area contributed by atoms with Gasteiger partial charge in [-0.15, -0.1) is 0 Å². The Morgan fingerprint density at radius 3 is 2.61 bits per heavy atom. The van der Waals surface area contributed by atoms with Crippen LogP contribution >= 0.6 is 0 Å². The highest BCUT2D eigenvalue weighted by molar-refractivity contribution is 5.47. The van der Waals surface area contributed by atoms with Crippen molar-refractivity contribution in [1.29, 1.82) is 0 Å². The van der Waals surface area contributed by atoms with Crippen molar-refractivity contribution in [2.45, 2.75) is 26.7 Å². The van der Waals surface area contributed by atoms with Crippen LogP contribution in [0, 0.1) is 27.7 Å². The molecule has 1 aromatic carbocycles. The van der Waals surface area contributed by atoms with Crippen LogP contribution in [0.1, 0.15) is 26.7 Å². The Morgan fingerprint density at radius 1 is 1.39 bits per heavy atom. The summed E-state index contributed by atoms with van der Waals surface area (Å²) in [7, 11) is 0. The number of nitrogens with zero attached hydrogens (tertiary/aromatic N) is 1. The van der Waals surface area contributed by atoms with Crippen molar-refractivity contribution < 1.29 is 18.4 Å². The van der Waals surface area contributed by atoms with Gasteiger partial charge in [0.25, 0.3) is 0 Å². The molecule has 0 N–H and O–H groups in total. The maximum Gasteiger partial charge on any atom is 0.314 e. The number of hydrogen-bond acceptors (Lipinski definition) is 3. The summed E-state index contributed by atoms with van der Waals surface area (Å²) in [6.45, 7) is 4.16. The molecular weight excluding hydrogens is 244 g/mol. The van der Waals surface area contributed by atoms with Crippen LogP contribution in [0.3, 0.4) is 0 Å². The standard InChI is InChI=1S/C12H15F2NO3/c1-8(2)4-3-7-18-12-10(15(16)17)6-5-9(13)11(12)14/h5-6,8H,3-4,7H2,1-2H3. The predicted octanol–water partition coefficient (Wildman–Crippen LogP) is 3.69. The molecule has 18 heavy (non-hydrogen) atoms. The van der Waals surface area contributed by atoms with E-state index < -0.39 is 28.0 Å². The van der Waals surface area contributed by atoms with Crippen LogP contribution < -0.4 is 4.74 Å². The Kier molecular flexibility index (Phi) is 5.00. The van der Waals surface area contributed by atoms with Crippen molar-refractivity contribution in [1.82, 2.24) is 0 Å². The molecule has 1 rings (SSSR count). The zero-order valence-electron chi connectivity index (χ0n) is 10.3. The highest BCUT2D eigenvalue weighted by atomic mass is 19.2. The van der Waals surface area contributed by atoms with Gasteiger partial charge in [0.05, 0.1) is 11.5 Å². The Bertz CT molecular complexity index is 436. The van der Waals surface area contributed by atoms with Crippen LogP contribution in [0.2, 0.25) is 0 Å². The third-order valence-electron chi connectivity index (χ3n) is 2.40. The third-order valence-corrected chi connectivity index (χ3v) is 2.40. The first-order chi connectivity index (χ1) is 8.43. The van der Waals surface area contributed by atoms with Gasteiger partial charge in [0.15, 0.2) is 5.82 Å². The van der Waals surface area contributed by atoms with Crippen molar-refractivity contribution in [3.8, 4) is 5.75 Å². The summed E-state index contributed by atoms with van der Waals surface area (Å²) in [5.41, 5.74) is -0.557. The molecule has 0 fully saturated rings. The fraction of sp³-hybridized carbons (Fsp3) is 0.500. The summed E-state index contributed by atoms with van der Waals surface area (Å²) < 4.78 is 31.4. The van der Waals surface area contributed by atoms with Gasteiger partial charge < -0.3 is 4.74 Å². The largest absolute Gasteiger partial charge is 0.485 e. The van der Waals surface area contributed by atoms with Gasteiger partial charge in [0.2, 0.25) is 11.6 Å². The number of hydrogen-bond donors (Lipinski definition) is 0. The monoisotopic (exact) mass is 259 g/mol. The molecule has 0 heterocycles. The Labute approximate surface area is 104 Å². The molecule has 0 aliphatic heterocycles. The van der Waals surface area contributed by atoms with E-state index in [1.54, 1.807) is 0 Å². The normalized spacial score (nSPS) is 10.7. The molecule has 4 nitrogen and oxygen atoms in total. The fourth-order valence-corrected chi connectivity index (χ4v) is 1.47. The minimum atomic E-state index is -1.31. The predicted molar refractivity (Wildman–Crippen MR) is 62.6 cm³/mol. The molecule has 100 valence electrons. The number of nitro groups is 1. The van der Waals surface area contributed by atoms with E-state index in [2.05, 4.69) is 0 Å². The minimum absolute atomic E-state index is 0.124. The van der Waals surface area contributed by atoms with Crippen molar-refractivity contribution in [3.05, 3.63) is 33.9 Å². The molecule has 0 aliphatic rings. The zero-order chi connectivity index (χ0) is 13.7. The van der Waals surface area contributed by atoms with Gasteiger partial charge in [0.1, 0.15) is 0 Å². The summed E-state index contributed by atoms with van der Waals surface area (Å²) in [6.07, 6.45) is 1.48. The van der Waals surface area contributed by atoms with Gasteiger partial charge in [-0.2, -0.15) is 4.39 Å². The van der Waals surface area contributed by atoms with Crippen LogP contribution in [-0.4, -0.2) is 11.5 Å². The third kappa shape index (κ3) is 3.65. The molecule has 0 unspecified atom stereocenters. The van der Waals surface area contributed by atoms with Gasteiger partial charge in [-0.1, -0.05) is 13.8 Å². The first-order valence-electron chi connectivity index (χ1n) is 5.68. The van der Waals surface area contributed by atoms with Gasteiger partial charge in [-0.05, 0) is 24.8 Å². The summed E-state index contributed by atoms with van der Waals surface area (Å²) in [6, 6.07) is 1.62. The molecule has 1 aromatic rings. The summed E-state index contributed by atoms with van der Waals surface area (Å²) in [4.78, 5) is 9.87. The second-order valence-corrected chi connectivity index (χ2v) is 4.35. The van der Waals surface area contributed by atoms with E-state index in [1.807, 2.05) is 13.8 Å². The van der Waals surface area contributed by atoms with E-state index >= 15 is 0 Å². The van der Waals surface area contributed by atoms with Crippen LogP contribution in [-0.2, 0) is 0 Å². The summed E-state index contributed by atoms with van der Waals surface area (Å²) >= 11 is 0. The molecule has 0 bridgehead atoms. The van der Waals surface area contributed by atoms with E-state index in [1.165, 1.54) is 0 Å². The molecule has 0 radical (unpaired) electrons. The van der Waals surface area contributed by atoms with Gasteiger partial charge >= 0.3 is 5.69 Å². The quantitative estimate of drug-likeness (QED) is 0.444. The van der Waals surface area contributed by atoms with E-state index in [9.17, 15) is 18.9 Å². The molecule has 0 spiro atoms. The molecule has 0 saturated heterocycles. The van der Waals surface area contributed by atoms with Crippen LogP contribution in [0.4, 0.5) is 14.5 Å². The second kappa shape index (κ2) is 6.28. The Hall–Kier alpha value is -1.72. The lowest BCUT2D eigenvalue weighted by molar-refractivity contribution is -0.386. The lowest BCUT2D eigenvalue weighted by atomic mass is 10.1. The highest BCUT2D eigenvalue weighted by Gasteiger charge is 2.23. The fourth-order valence-electron chi connectivity index (χ4n) is 1.47. The van der Waals surface area contributed by atoms with Gasteiger partial charge in [-0.3, -0.25) is 10.1 Å². The summed E-state index contributed by atoms with van der Waals surface area (Å²) in [5.74, 6) is -2.63. The SMILES string of the molecule is CC(C)CCCOc1c([N+](=O)[O-])ccc(F)c1F. The molecule has 0 aliphatic carbocycles. The topological polar surface area (TPSA) is 52.4 Å². The lowest BCUT2D eigenvalue weighted by Crippen LogP contribution is -2.05. The summed E-state index contributed by atoms with van der Waals surface area (Å²) in [5, 5.41) is 10.7.